The Labute approximate surface area is 152 Å². The first-order valence-corrected chi connectivity index (χ1v) is 8.15. The quantitative estimate of drug-likeness (QED) is 0.678. The van der Waals surface area contributed by atoms with Crippen molar-refractivity contribution in [3.8, 4) is 11.5 Å². The molecule has 0 heterocycles. The molecule has 0 bridgehead atoms. The summed E-state index contributed by atoms with van der Waals surface area (Å²) in [7, 11) is 3.21. The first kappa shape index (κ1) is 17.4. The summed E-state index contributed by atoms with van der Waals surface area (Å²) in [6, 6.07) is 22.2. The van der Waals surface area contributed by atoms with Crippen molar-refractivity contribution in [1.82, 2.24) is 0 Å². The maximum atomic E-state index is 12.2. The Bertz CT molecular complexity index is 878. The number of ether oxygens (including phenoxy) is 2. The van der Waals surface area contributed by atoms with E-state index in [4.69, 9.17) is 9.47 Å². The van der Waals surface area contributed by atoms with Gasteiger partial charge in [0, 0.05) is 28.7 Å². The molecule has 1 amide bonds. The van der Waals surface area contributed by atoms with Crippen LogP contribution < -0.4 is 20.1 Å². The third kappa shape index (κ3) is 4.13. The van der Waals surface area contributed by atoms with Crippen molar-refractivity contribution in [2.45, 2.75) is 0 Å². The van der Waals surface area contributed by atoms with Crippen LogP contribution >= 0.6 is 0 Å². The number of hydrogen-bond acceptors (Lipinski definition) is 4. The molecule has 3 aromatic rings. The molecule has 3 rings (SSSR count). The largest absolute Gasteiger partial charge is 0.493 e. The lowest BCUT2D eigenvalue weighted by atomic mass is 10.2. The van der Waals surface area contributed by atoms with Gasteiger partial charge in [-0.15, -0.1) is 0 Å². The van der Waals surface area contributed by atoms with Crippen molar-refractivity contribution in [2.75, 3.05) is 24.9 Å². The van der Waals surface area contributed by atoms with Gasteiger partial charge < -0.3 is 20.1 Å². The van der Waals surface area contributed by atoms with Crippen molar-refractivity contribution >= 4 is 23.0 Å². The Morgan fingerprint density at radius 1 is 0.731 bits per heavy atom. The molecule has 0 radical (unpaired) electrons. The molecule has 5 heteroatoms. The highest BCUT2D eigenvalue weighted by molar-refractivity contribution is 6.04. The Morgan fingerprint density at radius 3 is 2.00 bits per heavy atom. The molecule has 132 valence electrons. The summed E-state index contributed by atoms with van der Waals surface area (Å²) in [5.41, 5.74) is 3.13. The lowest BCUT2D eigenvalue weighted by Crippen LogP contribution is -2.11. The monoisotopic (exact) mass is 348 g/mol. The smallest absolute Gasteiger partial charge is 0.255 e. The number of methoxy groups -OCH3 is 2. The van der Waals surface area contributed by atoms with Gasteiger partial charge in [-0.05, 0) is 48.5 Å². The van der Waals surface area contributed by atoms with Crippen LogP contribution in [0.2, 0.25) is 0 Å². The molecule has 0 aliphatic rings. The summed E-state index contributed by atoms with van der Waals surface area (Å²) in [5.74, 6) is 1.20. The molecular weight excluding hydrogens is 328 g/mol. The van der Waals surface area contributed by atoms with Crippen LogP contribution in [0.1, 0.15) is 10.4 Å². The average Bonchev–Trinajstić information content (AvgIpc) is 2.70. The summed E-state index contributed by atoms with van der Waals surface area (Å²) < 4.78 is 10.5. The van der Waals surface area contributed by atoms with E-state index < -0.39 is 0 Å². The second-order valence-corrected chi connectivity index (χ2v) is 5.59. The summed E-state index contributed by atoms with van der Waals surface area (Å²) >= 11 is 0. The number of anilines is 3. The van der Waals surface area contributed by atoms with Crippen molar-refractivity contribution in [3.63, 3.8) is 0 Å². The maximum Gasteiger partial charge on any atom is 0.255 e. The Hall–Kier alpha value is -3.47. The van der Waals surface area contributed by atoms with Crippen LogP contribution in [-0.2, 0) is 0 Å². The minimum Gasteiger partial charge on any atom is -0.493 e. The molecule has 0 saturated heterocycles. The zero-order chi connectivity index (χ0) is 18.4. The van der Waals surface area contributed by atoms with Gasteiger partial charge in [0.25, 0.3) is 5.91 Å². The van der Waals surface area contributed by atoms with Gasteiger partial charge in [-0.25, -0.2) is 0 Å². The second-order valence-electron chi connectivity index (χ2n) is 5.59. The zero-order valence-corrected chi connectivity index (χ0v) is 14.7. The van der Waals surface area contributed by atoms with E-state index in [0.717, 1.165) is 17.1 Å². The van der Waals surface area contributed by atoms with Crippen LogP contribution in [0.5, 0.6) is 11.5 Å². The molecule has 0 aromatic heterocycles. The molecule has 0 atom stereocenters. The molecule has 0 aliphatic carbocycles. The Kier molecular flexibility index (Phi) is 5.39. The maximum absolute atomic E-state index is 12.2. The summed E-state index contributed by atoms with van der Waals surface area (Å²) in [4.78, 5) is 12.2. The van der Waals surface area contributed by atoms with Gasteiger partial charge in [-0.3, -0.25) is 4.79 Å². The van der Waals surface area contributed by atoms with E-state index in [1.54, 1.807) is 26.4 Å². The summed E-state index contributed by atoms with van der Waals surface area (Å²) in [6.45, 7) is 0. The second kappa shape index (κ2) is 8.07. The van der Waals surface area contributed by atoms with E-state index in [1.807, 2.05) is 60.7 Å². The van der Waals surface area contributed by atoms with Crippen LogP contribution in [0.25, 0.3) is 0 Å². The topological polar surface area (TPSA) is 59.6 Å². The summed E-state index contributed by atoms with van der Waals surface area (Å²) in [5, 5.41) is 6.17. The highest BCUT2D eigenvalue weighted by atomic mass is 16.5. The molecular formula is C21H20N2O3. The van der Waals surface area contributed by atoms with Crippen LogP contribution in [-0.4, -0.2) is 20.1 Å². The third-order valence-corrected chi connectivity index (χ3v) is 3.85. The van der Waals surface area contributed by atoms with E-state index >= 15 is 0 Å². The fourth-order valence-electron chi connectivity index (χ4n) is 2.51. The fourth-order valence-corrected chi connectivity index (χ4v) is 2.51. The van der Waals surface area contributed by atoms with Crippen LogP contribution in [0.4, 0.5) is 17.1 Å². The minimum absolute atomic E-state index is 0.133. The van der Waals surface area contributed by atoms with Crippen molar-refractivity contribution in [1.29, 1.82) is 0 Å². The number of hydrogen-bond donors (Lipinski definition) is 2. The number of rotatable bonds is 6. The molecule has 0 unspecified atom stereocenters. The van der Waals surface area contributed by atoms with Crippen molar-refractivity contribution in [2.24, 2.45) is 0 Å². The first-order chi connectivity index (χ1) is 12.7. The summed E-state index contributed by atoms with van der Waals surface area (Å²) in [6.07, 6.45) is 0. The molecule has 0 fully saturated rings. The number of carbonyl (C=O) groups excluding carboxylic acids is 1. The van der Waals surface area contributed by atoms with Gasteiger partial charge >= 0.3 is 0 Å². The van der Waals surface area contributed by atoms with Gasteiger partial charge in [-0.2, -0.15) is 0 Å². The molecule has 0 spiro atoms. The average molecular weight is 348 g/mol. The van der Waals surface area contributed by atoms with Crippen LogP contribution in [0.3, 0.4) is 0 Å². The highest BCUT2D eigenvalue weighted by Crippen LogP contribution is 2.31. The van der Waals surface area contributed by atoms with E-state index in [2.05, 4.69) is 10.6 Å². The molecule has 3 aromatic carbocycles. The minimum atomic E-state index is -0.133. The predicted molar refractivity (Wildman–Crippen MR) is 104 cm³/mol. The van der Waals surface area contributed by atoms with E-state index in [1.165, 1.54) is 0 Å². The molecule has 0 aliphatic heterocycles. The molecule has 0 saturated carbocycles. The first-order valence-electron chi connectivity index (χ1n) is 8.15. The third-order valence-electron chi connectivity index (χ3n) is 3.85. The number of carbonyl (C=O) groups is 1. The van der Waals surface area contributed by atoms with Gasteiger partial charge in [0.1, 0.15) is 0 Å². The lowest BCUT2D eigenvalue weighted by Gasteiger charge is -2.12. The van der Waals surface area contributed by atoms with Gasteiger partial charge in [0.2, 0.25) is 0 Å². The predicted octanol–water partition coefficient (Wildman–Crippen LogP) is 4.70. The Balaban J connectivity index is 1.67. The SMILES string of the molecule is COc1ccc(Nc2ccc(NC(=O)c3ccccc3)cc2)cc1OC. The van der Waals surface area contributed by atoms with E-state index in [9.17, 15) is 4.79 Å². The lowest BCUT2D eigenvalue weighted by molar-refractivity contribution is 0.102. The standard InChI is InChI=1S/C21H20N2O3/c1-25-19-13-12-18(14-20(19)26-2)22-16-8-10-17(11-9-16)23-21(24)15-6-4-3-5-7-15/h3-14,22H,1-2H3,(H,23,24). The normalized spacial score (nSPS) is 10.1. The van der Waals surface area contributed by atoms with Crippen LogP contribution in [0.15, 0.2) is 72.8 Å². The molecule has 2 N–H and O–H groups in total. The Morgan fingerprint density at radius 2 is 1.35 bits per heavy atom. The van der Waals surface area contributed by atoms with E-state index in [0.29, 0.717) is 17.1 Å². The van der Waals surface area contributed by atoms with Crippen molar-refractivity contribution < 1.29 is 14.3 Å². The van der Waals surface area contributed by atoms with E-state index in [-0.39, 0.29) is 5.91 Å². The number of amides is 1. The molecule has 26 heavy (non-hydrogen) atoms. The fraction of sp³-hybridized carbons (Fsp3) is 0.0952. The van der Waals surface area contributed by atoms with Gasteiger partial charge in [0.15, 0.2) is 11.5 Å². The number of benzene rings is 3. The molecule has 5 nitrogen and oxygen atoms in total. The van der Waals surface area contributed by atoms with Gasteiger partial charge in [-0.1, -0.05) is 18.2 Å². The van der Waals surface area contributed by atoms with Crippen LogP contribution in [0, 0.1) is 0 Å². The highest BCUT2D eigenvalue weighted by Gasteiger charge is 2.06. The zero-order valence-electron chi connectivity index (χ0n) is 14.7. The van der Waals surface area contributed by atoms with Gasteiger partial charge in [0.05, 0.1) is 14.2 Å². The number of nitrogens with one attached hydrogen (secondary N) is 2. The van der Waals surface area contributed by atoms with Crippen molar-refractivity contribution in [3.05, 3.63) is 78.4 Å².